The van der Waals surface area contributed by atoms with Gasteiger partial charge in [0.2, 0.25) is 0 Å². The molecule has 5 nitrogen and oxygen atoms in total. The van der Waals surface area contributed by atoms with E-state index in [-0.39, 0.29) is 17.9 Å². The normalized spacial score (nSPS) is 43.7. The van der Waals surface area contributed by atoms with Crippen LogP contribution in [-0.4, -0.2) is 53.1 Å². The zero-order chi connectivity index (χ0) is 14.0. The van der Waals surface area contributed by atoms with Gasteiger partial charge in [-0.3, -0.25) is 0 Å². The molecule has 3 N–H and O–H groups in total. The quantitative estimate of drug-likeness (QED) is 0.654. The maximum atomic E-state index is 10.4. The summed E-state index contributed by atoms with van der Waals surface area (Å²) in [6.07, 6.45) is 0.680. The van der Waals surface area contributed by atoms with E-state index in [1.54, 1.807) is 0 Å². The van der Waals surface area contributed by atoms with Gasteiger partial charge < -0.3 is 24.8 Å². The van der Waals surface area contributed by atoms with Crippen molar-refractivity contribution in [2.24, 2.45) is 11.3 Å². The van der Waals surface area contributed by atoms with E-state index in [1.807, 2.05) is 0 Å². The fourth-order valence-corrected chi connectivity index (χ4v) is 3.42. The minimum atomic E-state index is -1.05. The number of fused-ring (bicyclic) bond motifs is 8. The van der Waals surface area contributed by atoms with Crippen LogP contribution in [-0.2, 0) is 9.47 Å². The zero-order valence-corrected chi connectivity index (χ0v) is 11.8. The van der Waals surface area contributed by atoms with Crippen molar-refractivity contribution in [2.45, 2.75) is 64.1 Å². The van der Waals surface area contributed by atoms with Crippen LogP contribution in [0.25, 0.3) is 0 Å². The molecule has 112 valence electrons. The average Bonchev–Trinajstić information content (AvgIpc) is 2.40. The lowest BCUT2D eigenvalue weighted by Crippen LogP contribution is -2.60. The summed E-state index contributed by atoms with van der Waals surface area (Å²) < 4.78 is 11.2. The molecule has 3 aliphatic rings. The zero-order valence-electron chi connectivity index (χ0n) is 11.8. The van der Waals surface area contributed by atoms with Gasteiger partial charge in [0.25, 0.3) is 0 Å². The molecule has 0 aromatic rings. The van der Waals surface area contributed by atoms with Gasteiger partial charge in [-0.15, -0.1) is 0 Å². The Kier molecular flexibility index (Phi) is 4.84. The van der Waals surface area contributed by atoms with E-state index in [9.17, 15) is 15.3 Å². The van der Waals surface area contributed by atoms with E-state index < -0.39 is 24.6 Å². The van der Waals surface area contributed by atoms with Gasteiger partial charge in [0, 0.05) is 12.5 Å². The number of hydrogen-bond donors (Lipinski definition) is 3. The molecule has 0 amide bonds. The minimum Gasteiger partial charge on any atom is -0.394 e. The molecule has 5 heteroatoms. The van der Waals surface area contributed by atoms with Gasteiger partial charge in [-0.05, 0) is 18.3 Å². The van der Waals surface area contributed by atoms with Crippen LogP contribution >= 0.6 is 0 Å². The standard InChI is InChI=1S/C14H26O5/c1-14(2)6-4-3-5-7-18-13-12(17)11(16)10(14)9(8-15)19-13/h9-13,15-17H,3-8H2,1-2H3/t9-,10?,11?,12?,13+/m1/s1. The number of aliphatic hydroxyl groups is 3. The highest BCUT2D eigenvalue weighted by Crippen LogP contribution is 2.43. The number of hydrogen-bond acceptors (Lipinski definition) is 5. The summed E-state index contributed by atoms with van der Waals surface area (Å²) in [6.45, 7) is 4.48. The summed E-state index contributed by atoms with van der Waals surface area (Å²) in [5.74, 6) is -0.287. The van der Waals surface area contributed by atoms with Crippen LogP contribution in [0.3, 0.4) is 0 Å². The SMILES string of the molecule is CC1(C)CCCCCO[C@H]2O[C@H](CO)C1C(O)C2O. The van der Waals surface area contributed by atoms with Crippen LogP contribution in [0, 0.1) is 11.3 Å². The Hall–Kier alpha value is -0.200. The lowest BCUT2D eigenvalue weighted by molar-refractivity contribution is -0.302. The molecule has 19 heavy (non-hydrogen) atoms. The Morgan fingerprint density at radius 1 is 1.11 bits per heavy atom. The van der Waals surface area contributed by atoms with Crippen LogP contribution in [0.15, 0.2) is 0 Å². The summed E-state index contributed by atoms with van der Waals surface area (Å²) in [4.78, 5) is 0. The third kappa shape index (κ3) is 3.11. The van der Waals surface area contributed by atoms with Crippen molar-refractivity contribution in [1.29, 1.82) is 0 Å². The predicted octanol–water partition coefficient (Wildman–Crippen LogP) is 0.658. The van der Waals surface area contributed by atoms with Crippen LogP contribution in [0.4, 0.5) is 0 Å². The molecule has 2 bridgehead atoms. The van der Waals surface area contributed by atoms with Gasteiger partial charge in [-0.2, -0.15) is 0 Å². The van der Waals surface area contributed by atoms with Crippen molar-refractivity contribution in [3.63, 3.8) is 0 Å². The summed E-state index contributed by atoms with van der Waals surface area (Å²) in [5, 5.41) is 30.1. The second kappa shape index (κ2) is 6.06. The molecular weight excluding hydrogens is 248 g/mol. The van der Waals surface area contributed by atoms with E-state index in [2.05, 4.69) is 13.8 Å². The van der Waals surface area contributed by atoms with Gasteiger partial charge in [-0.25, -0.2) is 0 Å². The Morgan fingerprint density at radius 3 is 2.53 bits per heavy atom. The second-order valence-electron chi connectivity index (χ2n) is 6.40. The summed E-state index contributed by atoms with van der Waals surface area (Å²) in [7, 11) is 0. The van der Waals surface area contributed by atoms with Crippen molar-refractivity contribution in [2.75, 3.05) is 13.2 Å². The van der Waals surface area contributed by atoms with Crippen LogP contribution < -0.4 is 0 Å². The molecule has 3 saturated heterocycles. The van der Waals surface area contributed by atoms with Crippen molar-refractivity contribution in [3.05, 3.63) is 0 Å². The first-order chi connectivity index (χ1) is 8.97. The molecule has 0 spiro atoms. The molecule has 3 unspecified atom stereocenters. The maximum absolute atomic E-state index is 10.4. The molecule has 0 radical (unpaired) electrons. The largest absolute Gasteiger partial charge is 0.394 e. The molecular formula is C14H26O5. The molecule has 0 aromatic carbocycles. The van der Waals surface area contributed by atoms with E-state index in [4.69, 9.17) is 9.47 Å². The molecule has 0 saturated carbocycles. The number of aliphatic hydroxyl groups excluding tert-OH is 3. The molecule has 3 fully saturated rings. The van der Waals surface area contributed by atoms with E-state index in [1.165, 1.54) is 0 Å². The summed E-state index contributed by atoms with van der Waals surface area (Å²) in [6, 6.07) is 0. The van der Waals surface area contributed by atoms with Gasteiger partial charge in [0.1, 0.15) is 6.10 Å². The van der Waals surface area contributed by atoms with Gasteiger partial charge in [0.15, 0.2) is 6.29 Å². The van der Waals surface area contributed by atoms with Gasteiger partial charge in [0.05, 0.1) is 18.8 Å². The third-order valence-corrected chi connectivity index (χ3v) is 4.54. The maximum Gasteiger partial charge on any atom is 0.186 e. The topological polar surface area (TPSA) is 79.2 Å². The molecule has 5 atom stereocenters. The Morgan fingerprint density at radius 2 is 1.84 bits per heavy atom. The van der Waals surface area contributed by atoms with Crippen molar-refractivity contribution >= 4 is 0 Å². The number of ether oxygens (including phenoxy) is 2. The van der Waals surface area contributed by atoms with Crippen LogP contribution in [0.5, 0.6) is 0 Å². The molecule has 3 heterocycles. The first-order valence-corrected chi connectivity index (χ1v) is 7.21. The third-order valence-electron chi connectivity index (χ3n) is 4.54. The van der Waals surface area contributed by atoms with E-state index in [0.717, 1.165) is 25.7 Å². The minimum absolute atomic E-state index is 0.169. The van der Waals surface area contributed by atoms with Crippen molar-refractivity contribution < 1.29 is 24.8 Å². The first-order valence-electron chi connectivity index (χ1n) is 7.21. The molecule has 0 aliphatic carbocycles. The first kappa shape index (κ1) is 15.2. The van der Waals surface area contributed by atoms with Crippen molar-refractivity contribution in [1.82, 2.24) is 0 Å². The van der Waals surface area contributed by atoms with Crippen LogP contribution in [0.2, 0.25) is 0 Å². The lowest BCUT2D eigenvalue weighted by Gasteiger charge is -2.48. The van der Waals surface area contributed by atoms with Gasteiger partial charge in [-0.1, -0.05) is 26.7 Å². The van der Waals surface area contributed by atoms with Crippen molar-refractivity contribution in [3.8, 4) is 0 Å². The van der Waals surface area contributed by atoms with Gasteiger partial charge >= 0.3 is 0 Å². The average molecular weight is 274 g/mol. The fourth-order valence-electron chi connectivity index (χ4n) is 3.42. The highest BCUT2D eigenvalue weighted by molar-refractivity contribution is 4.96. The lowest BCUT2D eigenvalue weighted by atomic mass is 9.67. The summed E-state index contributed by atoms with van der Waals surface area (Å²) >= 11 is 0. The fraction of sp³-hybridized carbons (Fsp3) is 1.00. The molecule has 3 aliphatic heterocycles. The summed E-state index contributed by atoms with van der Waals surface area (Å²) in [5.41, 5.74) is -0.191. The monoisotopic (exact) mass is 274 g/mol. The van der Waals surface area contributed by atoms with E-state index in [0.29, 0.717) is 6.61 Å². The smallest absolute Gasteiger partial charge is 0.186 e. The second-order valence-corrected chi connectivity index (χ2v) is 6.40. The van der Waals surface area contributed by atoms with Crippen LogP contribution in [0.1, 0.15) is 39.5 Å². The highest BCUT2D eigenvalue weighted by atomic mass is 16.7. The Balaban J connectivity index is 2.28. The Bertz CT molecular complexity index is 292. The highest BCUT2D eigenvalue weighted by Gasteiger charge is 2.50. The molecule has 3 rings (SSSR count). The molecule has 0 aromatic heterocycles. The van der Waals surface area contributed by atoms with E-state index >= 15 is 0 Å². The Labute approximate surface area is 114 Å². The number of rotatable bonds is 1. The predicted molar refractivity (Wildman–Crippen MR) is 69.5 cm³/mol.